The lowest BCUT2D eigenvalue weighted by Crippen LogP contribution is -2.23. The standard InChI is InChI=1S/C23H32O5S2/c1-2-7-17(16-8-4-3-5-9-16)19(24)11-10-18-20(25)14-21(26)23(18)30-13-6-12-29-15-22(27)28/h3-5,8-11,17-20,23-25H,2,6-7,12-15H2,1H3,(H,27,28)/b11-10+/t17?,18?,19-,20+,23?/m0/s1. The number of benzene rings is 1. The first-order valence-corrected chi connectivity index (χ1v) is 12.7. The van der Waals surface area contributed by atoms with E-state index in [9.17, 15) is 19.8 Å². The second-order valence-corrected chi connectivity index (χ2v) is 9.94. The normalized spacial score (nSPS) is 23.7. The number of ketones is 1. The van der Waals surface area contributed by atoms with Crippen LogP contribution in [0, 0.1) is 5.92 Å². The van der Waals surface area contributed by atoms with Gasteiger partial charge in [0.1, 0.15) is 5.78 Å². The van der Waals surface area contributed by atoms with Gasteiger partial charge in [-0.2, -0.15) is 11.8 Å². The van der Waals surface area contributed by atoms with Crippen molar-refractivity contribution < 1.29 is 24.9 Å². The van der Waals surface area contributed by atoms with Gasteiger partial charge in [-0.3, -0.25) is 9.59 Å². The summed E-state index contributed by atoms with van der Waals surface area (Å²) < 4.78 is 0. The highest BCUT2D eigenvalue weighted by Gasteiger charge is 2.40. The Kier molecular flexibility index (Phi) is 11.0. The van der Waals surface area contributed by atoms with Gasteiger partial charge in [-0.15, -0.1) is 11.8 Å². The van der Waals surface area contributed by atoms with Crippen molar-refractivity contribution in [2.24, 2.45) is 5.92 Å². The Balaban J connectivity index is 1.94. The monoisotopic (exact) mass is 452 g/mol. The van der Waals surface area contributed by atoms with Crippen LogP contribution in [0.3, 0.4) is 0 Å². The molecule has 0 amide bonds. The maximum atomic E-state index is 12.3. The zero-order chi connectivity index (χ0) is 21.9. The van der Waals surface area contributed by atoms with Gasteiger partial charge in [0, 0.05) is 18.3 Å². The van der Waals surface area contributed by atoms with E-state index < -0.39 is 18.2 Å². The molecular formula is C23H32O5S2. The second kappa shape index (κ2) is 13.2. The summed E-state index contributed by atoms with van der Waals surface area (Å²) >= 11 is 2.90. The van der Waals surface area contributed by atoms with E-state index in [2.05, 4.69) is 6.92 Å². The molecule has 0 spiro atoms. The number of rotatable bonds is 13. The highest BCUT2D eigenvalue weighted by atomic mass is 32.2. The van der Waals surface area contributed by atoms with E-state index in [1.54, 1.807) is 6.08 Å². The largest absolute Gasteiger partial charge is 0.481 e. The Bertz CT molecular complexity index is 694. The Morgan fingerprint density at radius 2 is 2.00 bits per heavy atom. The zero-order valence-electron chi connectivity index (χ0n) is 17.4. The lowest BCUT2D eigenvalue weighted by Gasteiger charge is -2.22. The van der Waals surface area contributed by atoms with Crippen molar-refractivity contribution in [3.05, 3.63) is 48.0 Å². The summed E-state index contributed by atoms with van der Waals surface area (Å²) in [5.41, 5.74) is 1.09. The quantitative estimate of drug-likeness (QED) is 0.310. The van der Waals surface area contributed by atoms with Crippen LogP contribution >= 0.6 is 23.5 Å². The van der Waals surface area contributed by atoms with Crippen LogP contribution < -0.4 is 0 Å². The maximum absolute atomic E-state index is 12.3. The molecule has 1 saturated carbocycles. The van der Waals surface area contributed by atoms with Crippen LogP contribution in [0.15, 0.2) is 42.5 Å². The molecule has 5 nitrogen and oxygen atoms in total. The molecule has 1 aliphatic rings. The molecule has 166 valence electrons. The molecule has 1 aromatic rings. The topological polar surface area (TPSA) is 94.8 Å². The molecule has 2 rings (SSSR count). The lowest BCUT2D eigenvalue weighted by molar-refractivity contribution is -0.133. The first-order chi connectivity index (χ1) is 14.4. The van der Waals surface area contributed by atoms with Crippen molar-refractivity contribution in [1.29, 1.82) is 0 Å². The van der Waals surface area contributed by atoms with Crippen molar-refractivity contribution in [1.82, 2.24) is 0 Å². The van der Waals surface area contributed by atoms with E-state index in [-0.39, 0.29) is 35.0 Å². The van der Waals surface area contributed by atoms with Crippen molar-refractivity contribution in [3.8, 4) is 0 Å². The highest BCUT2D eigenvalue weighted by Crippen LogP contribution is 2.35. The summed E-state index contributed by atoms with van der Waals surface area (Å²) in [6.07, 6.45) is 4.94. The molecule has 1 fully saturated rings. The smallest absolute Gasteiger partial charge is 0.313 e. The predicted octanol–water partition coefficient (Wildman–Crippen LogP) is 3.75. The minimum Gasteiger partial charge on any atom is -0.481 e. The molecule has 3 unspecified atom stereocenters. The van der Waals surface area contributed by atoms with Gasteiger partial charge in [0.2, 0.25) is 0 Å². The van der Waals surface area contributed by atoms with Gasteiger partial charge < -0.3 is 15.3 Å². The fourth-order valence-corrected chi connectivity index (χ4v) is 5.95. The zero-order valence-corrected chi connectivity index (χ0v) is 19.0. The minimum absolute atomic E-state index is 0.0148. The van der Waals surface area contributed by atoms with E-state index in [1.807, 2.05) is 36.4 Å². The summed E-state index contributed by atoms with van der Waals surface area (Å²) in [4.78, 5) is 22.9. The molecule has 0 aliphatic heterocycles. The number of thioether (sulfide) groups is 2. The minimum atomic E-state index is -0.817. The van der Waals surface area contributed by atoms with Crippen molar-refractivity contribution in [2.45, 2.75) is 56.0 Å². The lowest BCUT2D eigenvalue weighted by atomic mass is 9.88. The first kappa shape index (κ1) is 25.0. The molecular weight excluding hydrogens is 420 g/mol. The molecule has 0 radical (unpaired) electrons. The summed E-state index contributed by atoms with van der Waals surface area (Å²) in [6, 6.07) is 9.93. The van der Waals surface area contributed by atoms with Gasteiger partial charge in [-0.05, 0) is 29.9 Å². The number of hydrogen-bond donors (Lipinski definition) is 3. The summed E-state index contributed by atoms with van der Waals surface area (Å²) in [5.74, 6) is 0.476. The van der Waals surface area contributed by atoms with E-state index in [4.69, 9.17) is 5.11 Å². The fraction of sp³-hybridized carbons (Fsp3) is 0.565. The number of carbonyl (C=O) groups excluding carboxylic acids is 1. The average Bonchev–Trinajstić information content (AvgIpc) is 2.99. The van der Waals surface area contributed by atoms with Gasteiger partial charge in [-0.25, -0.2) is 0 Å². The summed E-state index contributed by atoms with van der Waals surface area (Å²) in [5, 5.41) is 29.5. The van der Waals surface area contributed by atoms with Crippen LogP contribution in [0.5, 0.6) is 0 Å². The number of aliphatic carboxylic acids is 1. The molecule has 0 aromatic heterocycles. The summed E-state index contributed by atoms with van der Waals surface area (Å²) in [7, 11) is 0. The average molecular weight is 453 g/mol. The van der Waals surface area contributed by atoms with Crippen LogP contribution in [0.4, 0.5) is 0 Å². The van der Waals surface area contributed by atoms with Crippen LogP contribution in [-0.2, 0) is 9.59 Å². The van der Waals surface area contributed by atoms with Gasteiger partial charge in [0.05, 0.1) is 23.2 Å². The molecule has 1 aromatic carbocycles. The van der Waals surface area contributed by atoms with E-state index in [1.165, 1.54) is 23.5 Å². The second-order valence-electron chi connectivity index (χ2n) is 7.59. The molecule has 30 heavy (non-hydrogen) atoms. The van der Waals surface area contributed by atoms with E-state index in [0.717, 1.165) is 36.3 Å². The van der Waals surface area contributed by atoms with Crippen molar-refractivity contribution >= 4 is 35.3 Å². The number of carbonyl (C=O) groups is 2. The highest BCUT2D eigenvalue weighted by molar-refractivity contribution is 8.01. The van der Waals surface area contributed by atoms with Crippen LogP contribution in [-0.4, -0.2) is 61.8 Å². The third-order valence-electron chi connectivity index (χ3n) is 5.25. The van der Waals surface area contributed by atoms with Gasteiger partial charge in [0.15, 0.2) is 0 Å². The number of Topliss-reactive ketones (excluding diaryl/α,β-unsaturated/α-hetero) is 1. The Morgan fingerprint density at radius 3 is 2.67 bits per heavy atom. The van der Waals surface area contributed by atoms with Crippen LogP contribution in [0.1, 0.15) is 44.1 Å². The van der Waals surface area contributed by atoms with Crippen LogP contribution in [0.25, 0.3) is 0 Å². The molecule has 7 heteroatoms. The Morgan fingerprint density at radius 1 is 1.27 bits per heavy atom. The molecule has 1 aliphatic carbocycles. The number of aliphatic hydroxyl groups excluding tert-OH is 2. The Hall–Kier alpha value is -1.28. The third-order valence-corrected chi connectivity index (χ3v) is 7.74. The Labute approximate surface area is 187 Å². The van der Waals surface area contributed by atoms with E-state index in [0.29, 0.717) is 0 Å². The molecule has 0 bridgehead atoms. The first-order valence-electron chi connectivity index (χ1n) is 10.5. The van der Waals surface area contributed by atoms with E-state index >= 15 is 0 Å². The van der Waals surface area contributed by atoms with Gasteiger partial charge in [-0.1, -0.05) is 55.8 Å². The third kappa shape index (κ3) is 7.76. The maximum Gasteiger partial charge on any atom is 0.313 e. The molecule has 0 saturated heterocycles. The SMILES string of the molecule is CCCC(c1ccccc1)[C@@H](O)/C=C/C1C(SCCCSCC(=O)O)C(=O)C[C@H]1O. The molecule has 0 heterocycles. The van der Waals surface area contributed by atoms with Gasteiger partial charge >= 0.3 is 5.97 Å². The number of carboxylic acids is 1. The number of carboxylic acid groups (broad SMARTS) is 1. The summed E-state index contributed by atoms with van der Waals surface area (Å²) in [6.45, 7) is 2.09. The van der Waals surface area contributed by atoms with Crippen molar-refractivity contribution in [3.63, 3.8) is 0 Å². The fourth-order valence-electron chi connectivity index (χ4n) is 3.76. The molecule has 3 N–H and O–H groups in total. The number of aliphatic hydroxyl groups is 2. The van der Waals surface area contributed by atoms with Crippen LogP contribution in [0.2, 0.25) is 0 Å². The van der Waals surface area contributed by atoms with Crippen molar-refractivity contribution in [2.75, 3.05) is 17.3 Å². The molecule has 5 atom stereocenters. The van der Waals surface area contributed by atoms with Gasteiger partial charge in [0.25, 0.3) is 0 Å². The number of hydrogen-bond acceptors (Lipinski definition) is 6. The predicted molar refractivity (Wildman–Crippen MR) is 124 cm³/mol.